The molecule has 1 saturated carbocycles. The number of methoxy groups -OCH3 is 1. The topological polar surface area (TPSA) is 34.1 Å². The summed E-state index contributed by atoms with van der Waals surface area (Å²) in [4.78, 5) is 4.59. The van der Waals surface area contributed by atoms with E-state index in [1.165, 1.54) is 24.3 Å². The largest absolute Gasteiger partial charge is 0.383 e. The molecule has 3 atom stereocenters. The fourth-order valence-corrected chi connectivity index (χ4v) is 4.06. The van der Waals surface area contributed by atoms with Gasteiger partial charge in [-0.2, -0.15) is 0 Å². The monoisotopic (exact) mass is 268 g/mol. The molecule has 1 fully saturated rings. The van der Waals surface area contributed by atoms with E-state index in [2.05, 4.69) is 29.5 Å². The summed E-state index contributed by atoms with van der Waals surface area (Å²) in [6.07, 6.45) is 5.73. The van der Waals surface area contributed by atoms with Gasteiger partial charge in [-0.05, 0) is 18.3 Å². The highest BCUT2D eigenvalue weighted by atomic mass is 32.1. The summed E-state index contributed by atoms with van der Waals surface area (Å²) in [6, 6.07) is 0. The van der Waals surface area contributed by atoms with Crippen molar-refractivity contribution >= 4 is 11.3 Å². The van der Waals surface area contributed by atoms with Gasteiger partial charge in [0.1, 0.15) is 5.01 Å². The van der Waals surface area contributed by atoms with Gasteiger partial charge in [0.15, 0.2) is 0 Å². The number of nitrogens with zero attached hydrogens (tertiary/aromatic N) is 1. The standard InChI is InChI=1S/C14H24N2OS/c1-11-5-4-6-14(12(11)2,16-7-9-17-3)13-15-8-10-18-13/h8,10-12,16H,4-7,9H2,1-3H3. The predicted molar refractivity (Wildman–Crippen MR) is 75.8 cm³/mol. The maximum atomic E-state index is 5.18. The van der Waals surface area contributed by atoms with Crippen molar-refractivity contribution in [2.45, 2.75) is 38.6 Å². The molecule has 102 valence electrons. The molecule has 1 heterocycles. The molecule has 18 heavy (non-hydrogen) atoms. The molecular weight excluding hydrogens is 244 g/mol. The minimum atomic E-state index is 0.0599. The van der Waals surface area contributed by atoms with Crippen LogP contribution in [0.2, 0.25) is 0 Å². The minimum absolute atomic E-state index is 0.0599. The van der Waals surface area contributed by atoms with Gasteiger partial charge in [-0.15, -0.1) is 11.3 Å². The van der Waals surface area contributed by atoms with Crippen molar-refractivity contribution in [2.75, 3.05) is 20.3 Å². The van der Waals surface area contributed by atoms with Crippen molar-refractivity contribution in [1.82, 2.24) is 10.3 Å². The predicted octanol–water partition coefficient (Wildman–Crippen LogP) is 3.03. The summed E-state index contributed by atoms with van der Waals surface area (Å²) in [7, 11) is 1.75. The molecule has 0 aromatic carbocycles. The Morgan fingerprint density at radius 2 is 2.39 bits per heavy atom. The van der Waals surface area contributed by atoms with Crippen LogP contribution in [0.4, 0.5) is 0 Å². The molecule has 1 aromatic heterocycles. The first-order chi connectivity index (χ1) is 8.70. The maximum Gasteiger partial charge on any atom is 0.113 e. The van der Waals surface area contributed by atoms with Gasteiger partial charge in [0.25, 0.3) is 0 Å². The molecule has 0 amide bonds. The smallest absolute Gasteiger partial charge is 0.113 e. The summed E-state index contributed by atoms with van der Waals surface area (Å²) in [5, 5.41) is 7.07. The molecule has 1 aromatic rings. The van der Waals surface area contributed by atoms with E-state index in [1.807, 2.05) is 6.20 Å². The molecule has 3 nitrogen and oxygen atoms in total. The first-order valence-electron chi connectivity index (χ1n) is 6.84. The van der Waals surface area contributed by atoms with Crippen LogP contribution in [0.15, 0.2) is 11.6 Å². The molecule has 2 rings (SSSR count). The molecule has 0 bridgehead atoms. The quantitative estimate of drug-likeness (QED) is 0.834. The summed E-state index contributed by atoms with van der Waals surface area (Å²) in [5.41, 5.74) is 0.0599. The third kappa shape index (κ3) is 2.60. The molecule has 0 radical (unpaired) electrons. The lowest BCUT2D eigenvalue weighted by Crippen LogP contribution is -2.52. The lowest BCUT2D eigenvalue weighted by Gasteiger charge is -2.45. The van der Waals surface area contributed by atoms with E-state index in [0.29, 0.717) is 5.92 Å². The maximum absolute atomic E-state index is 5.18. The number of rotatable bonds is 5. The van der Waals surface area contributed by atoms with Gasteiger partial charge in [0.2, 0.25) is 0 Å². The van der Waals surface area contributed by atoms with Crippen LogP contribution in [0.5, 0.6) is 0 Å². The summed E-state index contributed by atoms with van der Waals surface area (Å²) in [5.74, 6) is 1.37. The van der Waals surface area contributed by atoms with E-state index in [1.54, 1.807) is 18.4 Å². The molecule has 0 aliphatic heterocycles. The van der Waals surface area contributed by atoms with Crippen LogP contribution in [-0.4, -0.2) is 25.2 Å². The zero-order chi connectivity index (χ0) is 13.0. The van der Waals surface area contributed by atoms with Crippen molar-refractivity contribution < 1.29 is 4.74 Å². The highest BCUT2D eigenvalue weighted by Gasteiger charge is 2.44. The van der Waals surface area contributed by atoms with Crippen LogP contribution >= 0.6 is 11.3 Å². The van der Waals surface area contributed by atoms with Crippen LogP contribution < -0.4 is 5.32 Å². The Kier molecular flexibility index (Phi) is 4.76. The third-order valence-electron chi connectivity index (χ3n) is 4.42. The Bertz CT molecular complexity index is 355. The second-order valence-electron chi connectivity index (χ2n) is 5.39. The van der Waals surface area contributed by atoms with Crippen molar-refractivity contribution in [2.24, 2.45) is 11.8 Å². The number of ether oxygens (including phenoxy) is 1. The number of aromatic nitrogens is 1. The number of thiazole rings is 1. The zero-order valence-electron chi connectivity index (χ0n) is 11.6. The Balaban J connectivity index is 2.21. The Morgan fingerprint density at radius 1 is 1.56 bits per heavy atom. The molecule has 3 unspecified atom stereocenters. The van der Waals surface area contributed by atoms with Gasteiger partial charge in [-0.3, -0.25) is 0 Å². The van der Waals surface area contributed by atoms with E-state index in [0.717, 1.165) is 19.1 Å². The van der Waals surface area contributed by atoms with Gasteiger partial charge < -0.3 is 10.1 Å². The van der Waals surface area contributed by atoms with Crippen molar-refractivity contribution in [3.63, 3.8) is 0 Å². The number of hydrogen-bond donors (Lipinski definition) is 1. The second kappa shape index (κ2) is 6.13. The van der Waals surface area contributed by atoms with Gasteiger partial charge in [0, 0.05) is 25.2 Å². The lowest BCUT2D eigenvalue weighted by atomic mass is 9.68. The van der Waals surface area contributed by atoms with E-state index in [4.69, 9.17) is 4.74 Å². The average Bonchev–Trinajstić information content (AvgIpc) is 2.89. The van der Waals surface area contributed by atoms with Crippen LogP contribution in [0.3, 0.4) is 0 Å². The Morgan fingerprint density at radius 3 is 3.06 bits per heavy atom. The van der Waals surface area contributed by atoms with Crippen LogP contribution in [0, 0.1) is 11.8 Å². The molecule has 1 aliphatic rings. The molecule has 1 N–H and O–H groups in total. The van der Waals surface area contributed by atoms with Crippen LogP contribution in [0.25, 0.3) is 0 Å². The molecule has 4 heteroatoms. The Hall–Kier alpha value is -0.450. The molecule has 0 saturated heterocycles. The lowest BCUT2D eigenvalue weighted by molar-refractivity contribution is 0.0907. The van der Waals surface area contributed by atoms with Gasteiger partial charge in [-0.25, -0.2) is 4.98 Å². The first kappa shape index (κ1) is 14.0. The number of hydrogen-bond acceptors (Lipinski definition) is 4. The van der Waals surface area contributed by atoms with Crippen LogP contribution in [-0.2, 0) is 10.3 Å². The summed E-state index contributed by atoms with van der Waals surface area (Å²) in [6.45, 7) is 6.39. The van der Waals surface area contributed by atoms with Crippen LogP contribution in [0.1, 0.15) is 38.1 Å². The van der Waals surface area contributed by atoms with Crippen molar-refractivity contribution in [3.8, 4) is 0 Å². The van der Waals surface area contributed by atoms with E-state index >= 15 is 0 Å². The third-order valence-corrected chi connectivity index (χ3v) is 5.37. The number of nitrogens with one attached hydrogen (secondary N) is 1. The van der Waals surface area contributed by atoms with Crippen molar-refractivity contribution in [3.05, 3.63) is 16.6 Å². The zero-order valence-corrected chi connectivity index (χ0v) is 12.4. The highest BCUT2D eigenvalue weighted by molar-refractivity contribution is 7.09. The fourth-order valence-electron chi connectivity index (χ4n) is 3.11. The normalized spacial score (nSPS) is 32.6. The fraction of sp³-hybridized carbons (Fsp3) is 0.786. The second-order valence-corrected chi connectivity index (χ2v) is 6.28. The first-order valence-corrected chi connectivity index (χ1v) is 7.72. The van der Waals surface area contributed by atoms with Gasteiger partial charge in [-0.1, -0.05) is 26.7 Å². The Labute approximate surface area is 114 Å². The van der Waals surface area contributed by atoms with E-state index < -0.39 is 0 Å². The SMILES string of the molecule is COCCNC1(c2nccs2)CCCC(C)C1C. The van der Waals surface area contributed by atoms with Gasteiger partial charge in [0.05, 0.1) is 12.1 Å². The van der Waals surface area contributed by atoms with Gasteiger partial charge >= 0.3 is 0 Å². The van der Waals surface area contributed by atoms with Crippen molar-refractivity contribution in [1.29, 1.82) is 0 Å². The molecule has 0 spiro atoms. The average molecular weight is 268 g/mol. The molecular formula is C14H24N2OS. The molecule has 1 aliphatic carbocycles. The summed E-state index contributed by atoms with van der Waals surface area (Å²) < 4.78 is 5.18. The van der Waals surface area contributed by atoms with E-state index in [-0.39, 0.29) is 5.54 Å². The summed E-state index contributed by atoms with van der Waals surface area (Å²) >= 11 is 1.78. The minimum Gasteiger partial charge on any atom is -0.383 e. The highest BCUT2D eigenvalue weighted by Crippen LogP contribution is 2.44. The van der Waals surface area contributed by atoms with E-state index in [9.17, 15) is 0 Å².